The smallest absolute Gasteiger partial charge is 0.177 e. The second-order valence-electron chi connectivity index (χ2n) is 3.17. The van der Waals surface area contributed by atoms with Crippen molar-refractivity contribution >= 4 is 11.2 Å². The highest BCUT2D eigenvalue weighted by Gasteiger charge is 2.03. The molecule has 0 aliphatic heterocycles. The molecule has 3 aromatic rings. The highest BCUT2D eigenvalue weighted by atomic mass is 15.1. The van der Waals surface area contributed by atoms with Crippen LogP contribution in [0.25, 0.3) is 16.9 Å². The van der Waals surface area contributed by atoms with Gasteiger partial charge >= 0.3 is 0 Å². The van der Waals surface area contributed by atoms with Crippen molar-refractivity contribution in [2.45, 2.75) is 0 Å². The minimum Gasteiger partial charge on any atom is -0.296 e. The van der Waals surface area contributed by atoms with Crippen molar-refractivity contribution in [3.63, 3.8) is 0 Å². The van der Waals surface area contributed by atoms with Crippen molar-refractivity contribution in [2.24, 2.45) is 0 Å². The number of imidazole rings is 1. The van der Waals surface area contributed by atoms with E-state index in [4.69, 9.17) is 0 Å². The Hall–Kier alpha value is -2.23. The predicted molar refractivity (Wildman–Crippen MR) is 56.7 cm³/mol. The second kappa shape index (κ2) is 3.16. The molecule has 3 aromatic heterocycles. The van der Waals surface area contributed by atoms with Crippen LogP contribution < -0.4 is 0 Å². The maximum Gasteiger partial charge on any atom is 0.177 e. The van der Waals surface area contributed by atoms with Gasteiger partial charge in [0, 0.05) is 12.4 Å². The molecule has 0 aliphatic carbocycles. The van der Waals surface area contributed by atoms with Crippen LogP contribution in [0.3, 0.4) is 0 Å². The molecule has 0 N–H and O–H groups in total. The van der Waals surface area contributed by atoms with Gasteiger partial charge in [-0.15, -0.1) is 0 Å². The monoisotopic (exact) mass is 196 g/mol. The van der Waals surface area contributed by atoms with Crippen LogP contribution in [0.15, 0.2) is 49.2 Å². The Kier molecular flexibility index (Phi) is 1.71. The number of hydrogen-bond acceptors (Lipinski definition) is 3. The fraction of sp³-hybridized carbons (Fsp3) is 0. The summed E-state index contributed by atoms with van der Waals surface area (Å²) in [7, 11) is 0. The first-order valence-corrected chi connectivity index (χ1v) is 4.63. The molecule has 0 aliphatic rings. The van der Waals surface area contributed by atoms with Crippen LogP contribution in [-0.4, -0.2) is 19.5 Å². The lowest BCUT2D eigenvalue weighted by atomic mass is 10.4. The molecule has 0 amide bonds. The molecule has 4 nitrogen and oxygen atoms in total. The minimum atomic E-state index is 0.751. The van der Waals surface area contributed by atoms with Gasteiger partial charge in [-0.05, 0) is 24.3 Å². The van der Waals surface area contributed by atoms with E-state index in [1.54, 1.807) is 24.9 Å². The Morgan fingerprint density at radius 2 is 1.93 bits per heavy atom. The van der Waals surface area contributed by atoms with Gasteiger partial charge in [0.2, 0.25) is 0 Å². The average Bonchev–Trinajstić information content (AvgIpc) is 2.74. The van der Waals surface area contributed by atoms with Gasteiger partial charge < -0.3 is 0 Å². The van der Waals surface area contributed by atoms with Crippen molar-refractivity contribution in [1.82, 2.24) is 19.5 Å². The van der Waals surface area contributed by atoms with E-state index in [1.807, 2.05) is 28.8 Å². The van der Waals surface area contributed by atoms with Crippen LogP contribution >= 0.6 is 0 Å². The van der Waals surface area contributed by atoms with Crippen LogP contribution in [0.5, 0.6) is 0 Å². The van der Waals surface area contributed by atoms with E-state index in [2.05, 4.69) is 15.0 Å². The molecule has 0 unspecified atom stereocenters. The summed E-state index contributed by atoms with van der Waals surface area (Å²) in [5.41, 5.74) is 2.74. The number of pyridine rings is 2. The Morgan fingerprint density at radius 1 is 1.00 bits per heavy atom. The first-order valence-electron chi connectivity index (χ1n) is 4.63. The average molecular weight is 196 g/mol. The number of fused-ring (bicyclic) bond motifs is 1. The lowest BCUT2D eigenvalue weighted by molar-refractivity contribution is 1.07. The highest BCUT2D eigenvalue weighted by molar-refractivity contribution is 5.72. The zero-order valence-electron chi connectivity index (χ0n) is 7.91. The van der Waals surface area contributed by atoms with Gasteiger partial charge in [-0.3, -0.25) is 9.55 Å². The molecular formula is C11H8N4. The normalized spacial score (nSPS) is 10.7. The van der Waals surface area contributed by atoms with E-state index in [0.717, 1.165) is 16.9 Å². The quantitative estimate of drug-likeness (QED) is 0.596. The second-order valence-corrected chi connectivity index (χ2v) is 3.17. The third kappa shape index (κ3) is 1.27. The van der Waals surface area contributed by atoms with Gasteiger partial charge in [0.15, 0.2) is 5.65 Å². The Bertz CT molecular complexity index is 586. The number of hydrogen-bond donors (Lipinski definition) is 0. The van der Waals surface area contributed by atoms with E-state index < -0.39 is 0 Å². The maximum atomic E-state index is 4.22. The molecule has 3 rings (SSSR count). The first kappa shape index (κ1) is 8.11. The SMILES string of the molecule is c1cncc(-n2cnc3ncccc32)c1. The van der Waals surface area contributed by atoms with Crippen LogP contribution in [0.1, 0.15) is 0 Å². The molecule has 15 heavy (non-hydrogen) atoms. The summed E-state index contributed by atoms with van der Waals surface area (Å²) in [6, 6.07) is 7.78. The van der Waals surface area contributed by atoms with Gasteiger partial charge in [0.05, 0.1) is 17.4 Å². The summed E-state index contributed by atoms with van der Waals surface area (Å²) in [5, 5.41) is 0. The largest absolute Gasteiger partial charge is 0.296 e. The minimum absolute atomic E-state index is 0.751. The predicted octanol–water partition coefficient (Wildman–Crippen LogP) is 1.82. The molecule has 0 aromatic carbocycles. The van der Waals surface area contributed by atoms with Gasteiger partial charge in [-0.25, -0.2) is 9.97 Å². The summed E-state index contributed by atoms with van der Waals surface area (Å²) in [6.07, 6.45) is 7.05. The molecule has 4 heteroatoms. The highest BCUT2D eigenvalue weighted by Crippen LogP contribution is 2.14. The molecule has 0 saturated heterocycles. The Morgan fingerprint density at radius 3 is 2.80 bits per heavy atom. The van der Waals surface area contributed by atoms with Crippen LogP contribution in [0.4, 0.5) is 0 Å². The molecule has 3 heterocycles. The van der Waals surface area contributed by atoms with Gasteiger partial charge in [-0.2, -0.15) is 0 Å². The summed E-state index contributed by atoms with van der Waals surface area (Å²) in [6.45, 7) is 0. The molecule has 0 fully saturated rings. The fourth-order valence-electron chi connectivity index (χ4n) is 1.55. The summed E-state index contributed by atoms with van der Waals surface area (Å²) >= 11 is 0. The molecular weight excluding hydrogens is 188 g/mol. The van der Waals surface area contributed by atoms with Crippen LogP contribution in [0, 0.1) is 0 Å². The van der Waals surface area contributed by atoms with E-state index >= 15 is 0 Å². The third-order valence-corrected chi connectivity index (χ3v) is 2.25. The van der Waals surface area contributed by atoms with Gasteiger partial charge in [-0.1, -0.05) is 0 Å². The lowest BCUT2D eigenvalue weighted by Crippen LogP contribution is -1.91. The maximum absolute atomic E-state index is 4.22. The standard InChI is InChI=1S/C11H8N4/c1-3-9(7-12-5-1)15-8-14-11-10(15)4-2-6-13-11/h1-8H. The van der Waals surface area contributed by atoms with Crippen molar-refractivity contribution < 1.29 is 0 Å². The lowest BCUT2D eigenvalue weighted by Gasteiger charge is -2.01. The number of aromatic nitrogens is 4. The first-order chi connectivity index (χ1) is 7.45. The molecule has 0 atom stereocenters. The Balaban J connectivity index is 2.28. The molecule has 72 valence electrons. The van der Waals surface area contributed by atoms with E-state index in [1.165, 1.54) is 0 Å². The van der Waals surface area contributed by atoms with E-state index in [-0.39, 0.29) is 0 Å². The topological polar surface area (TPSA) is 43.6 Å². The van der Waals surface area contributed by atoms with Gasteiger partial charge in [0.1, 0.15) is 6.33 Å². The van der Waals surface area contributed by atoms with Crippen molar-refractivity contribution in [3.8, 4) is 5.69 Å². The van der Waals surface area contributed by atoms with E-state index in [0.29, 0.717) is 0 Å². The number of nitrogens with zero attached hydrogens (tertiary/aromatic N) is 4. The third-order valence-electron chi connectivity index (χ3n) is 2.25. The summed E-state index contributed by atoms with van der Waals surface area (Å²) in [5.74, 6) is 0. The van der Waals surface area contributed by atoms with Crippen molar-refractivity contribution in [2.75, 3.05) is 0 Å². The van der Waals surface area contributed by atoms with Crippen molar-refractivity contribution in [3.05, 3.63) is 49.2 Å². The molecule has 0 saturated carbocycles. The summed E-state index contributed by atoms with van der Waals surface area (Å²) < 4.78 is 1.97. The van der Waals surface area contributed by atoms with Gasteiger partial charge in [0.25, 0.3) is 0 Å². The number of rotatable bonds is 1. The van der Waals surface area contributed by atoms with Crippen LogP contribution in [0.2, 0.25) is 0 Å². The van der Waals surface area contributed by atoms with Crippen LogP contribution in [-0.2, 0) is 0 Å². The molecule has 0 bridgehead atoms. The fourth-order valence-corrected chi connectivity index (χ4v) is 1.55. The molecule has 0 spiro atoms. The van der Waals surface area contributed by atoms with Crippen molar-refractivity contribution in [1.29, 1.82) is 0 Å². The van der Waals surface area contributed by atoms with E-state index in [9.17, 15) is 0 Å². The molecule has 0 radical (unpaired) electrons. The summed E-state index contributed by atoms with van der Waals surface area (Å²) in [4.78, 5) is 12.5. The Labute approximate surface area is 86.2 Å². The zero-order chi connectivity index (χ0) is 10.1. The zero-order valence-corrected chi connectivity index (χ0v) is 7.91.